The van der Waals surface area contributed by atoms with Gasteiger partial charge in [0.25, 0.3) is 0 Å². The quantitative estimate of drug-likeness (QED) is 0.894. The van der Waals surface area contributed by atoms with Crippen LogP contribution in [0.3, 0.4) is 0 Å². The third-order valence-corrected chi connectivity index (χ3v) is 4.78. The van der Waals surface area contributed by atoms with E-state index in [2.05, 4.69) is 49.4 Å². The predicted molar refractivity (Wildman–Crippen MR) is 104 cm³/mol. The van der Waals surface area contributed by atoms with Crippen molar-refractivity contribution in [2.24, 2.45) is 5.92 Å². The molecule has 1 aliphatic heterocycles. The highest BCUT2D eigenvalue weighted by molar-refractivity contribution is 5.79. The van der Waals surface area contributed by atoms with E-state index in [0.717, 1.165) is 42.3 Å². The standard InChI is InChI=1S/C20H27N5O/c1-15-10-11-21-20(23-15)25-12-4-5-17(14-25)19(26)22-13-16-6-8-18(9-7-16)24(2)3/h6-11,17H,4-5,12-14H2,1-3H3,(H,22,26)/t17-/m0/s1. The zero-order valence-corrected chi connectivity index (χ0v) is 15.8. The smallest absolute Gasteiger partial charge is 0.225 e. The molecule has 6 heteroatoms. The number of rotatable bonds is 5. The van der Waals surface area contributed by atoms with Crippen LogP contribution in [0, 0.1) is 12.8 Å². The van der Waals surface area contributed by atoms with E-state index in [1.54, 1.807) is 6.20 Å². The van der Waals surface area contributed by atoms with Crippen molar-refractivity contribution in [1.29, 1.82) is 0 Å². The topological polar surface area (TPSA) is 61.4 Å². The molecule has 2 aromatic rings. The fraction of sp³-hybridized carbons (Fsp3) is 0.450. The summed E-state index contributed by atoms with van der Waals surface area (Å²) in [6.07, 6.45) is 3.67. The Morgan fingerprint density at radius 3 is 2.73 bits per heavy atom. The van der Waals surface area contributed by atoms with Gasteiger partial charge in [0.1, 0.15) is 0 Å². The van der Waals surface area contributed by atoms with Gasteiger partial charge in [0.2, 0.25) is 11.9 Å². The summed E-state index contributed by atoms with van der Waals surface area (Å²) in [7, 11) is 4.03. The minimum atomic E-state index is -0.0195. The average Bonchev–Trinajstić information content (AvgIpc) is 2.66. The summed E-state index contributed by atoms with van der Waals surface area (Å²) in [5.74, 6) is 0.815. The molecule has 0 saturated carbocycles. The van der Waals surface area contributed by atoms with Gasteiger partial charge < -0.3 is 15.1 Å². The molecule has 1 N–H and O–H groups in total. The molecule has 1 atom stereocenters. The number of hydrogen-bond donors (Lipinski definition) is 1. The molecule has 1 fully saturated rings. The molecule has 3 rings (SSSR count). The number of nitrogens with zero attached hydrogens (tertiary/aromatic N) is 4. The van der Waals surface area contributed by atoms with Crippen molar-refractivity contribution in [2.75, 3.05) is 37.0 Å². The highest BCUT2D eigenvalue weighted by atomic mass is 16.1. The van der Waals surface area contributed by atoms with Gasteiger partial charge in [0.15, 0.2) is 0 Å². The number of carbonyl (C=O) groups excluding carboxylic acids is 1. The van der Waals surface area contributed by atoms with Gasteiger partial charge in [-0.1, -0.05) is 12.1 Å². The first-order valence-electron chi connectivity index (χ1n) is 9.11. The maximum Gasteiger partial charge on any atom is 0.225 e. The monoisotopic (exact) mass is 353 g/mol. The number of amides is 1. The Kier molecular flexibility index (Phi) is 5.71. The Bertz CT molecular complexity index is 744. The number of benzene rings is 1. The molecule has 138 valence electrons. The number of aromatic nitrogens is 2. The SMILES string of the molecule is Cc1ccnc(N2CCC[C@H](C(=O)NCc3ccc(N(C)C)cc3)C2)n1. The lowest BCUT2D eigenvalue weighted by atomic mass is 9.97. The second-order valence-electron chi connectivity index (χ2n) is 7.06. The Morgan fingerprint density at radius 2 is 2.04 bits per heavy atom. The van der Waals surface area contributed by atoms with Crippen molar-refractivity contribution in [3.05, 3.63) is 47.8 Å². The molecule has 1 amide bonds. The molecule has 1 aromatic carbocycles. The molecule has 26 heavy (non-hydrogen) atoms. The molecule has 6 nitrogen and oxygen atoms in total. The zero-order chi connectivity index (χ0) is 18.5. The lowest BCUT2D eigenvalue weighted by Crippen LogP contribution is -2.43. The second-order valence-corrected chi connectivity index (χ2v) is 7.06. The Labute approximate surface area is 155 Å². The molecular formula is C20H27N5O. The Morgan fingerprint density at radius 1 is 1.27 bits per heavy atom. The van der Waals surface area contributed by atoms with Crippen LogP contribution in [0.4, 0.5) is 11.6 Å². The average molecular weight is 353 g/mol. The van der Waals surface area contributed by atoms with Gasteiger partial charge >= 0.3 is 0 Å². The number of anilines is 2. The number of carbonyl (C=O) groups is 1. The van der Waals surface area contributed by atoms with E-state index in [0.29, 0.717) is 13.1 Å². The lowest BCUT2D eigenvalue weighted by molar-refractivity contribution is -0.125. The molecule has 0 aliphatic carbocycles. The van der Waals surface area contributed by atoms with Gasteiger partial charge in [-0.2, -0.15) is 0 Å². The predicted octanol–water partition coefficient (Wildman–Crippen LogP) is 2.38. The van der Waals surface area contributed by atoms with Crippen molar-refractivity contribution in [3.8, 4) is 0 Å². The number of nitrogens with one attached hydrogen (secondary N) is 1. The van der Waals surface area contributed by atoms with Crippen LogP contribution in [-0.2, 0) is 11.3 Å². The third-order valence-electron chi connectivity index (χ3n) is 4.78. The first kappa shape index (κ1) is 18.2. The van der Waals surface area contributed by atoms with Crippen molar-refractivity contribution in [2.45, 2.75) is 26.3 Å². The van der Waals surface area contributed by atoms with E-state index in [4.69, 9.17) is 0 Å². The second kappa shape index (κ2) is 8.17. The van der Waals surface area contributed by atoms with Crippen LogP contribution >= 0.6 is 0 Å². The van der Waals surface area contributed by atoms with Gasteiger partial charge in [-0.3, -0.25) is 4.79 Å². The van der Waals surface area contributed by atoms with E-state index in [-0.39, 0.29) is 11.8 Å². The zero-order valence-electron chi connectivity index (χ0n) is 15.8. The van der Waals surface area contributed by atoms with Crippen LogP contribution in [0.5, 0.6) is 0 Å². The number of hydrogen-bond acceptors (Lipinski definition) is 5. The molecule has 0 bridgehead atoms. The van der Waals surface area contributed by atoms with Crippen LogP contribution in [0.15, 0.2) is 36.5 Å². The van der Waals surface area contributed by atoms with Crippen molar-refractivity contribution in [3.63, 3.8) is 0 Å². The normalized spacial score (nSPS) is 17.0. The molecule has 1 saturated heterocycles. The fourth-order valence-electron chi connectivity index (χ4n) is 3.21. The lowest BCUT2D eigenvalue weighted by Gasteiger charge is -2.32. The molecule has 2 heterocycles. The summed E-state index contributed by atoms with van der Waals surface area (Å²) in [6, 6.07) is 10.1. The molecule has 0 spiro atoms. The van der Waals surface area contributed by atoms with Crippen LogP contribution in [-0.4, -0.2) is 43.1 Å². The summed E-state index contributed by atoms with van der Waals surface area (Å²) >= 11 is 0. The summed E-state index contributed by atoms with van der Waals surface area (Å²) in [5, 5.41) is 3.08. The van der Waals surface area contributed by atoms with E-state index < -0.39 is 0 Å². The van der Waals surface area contributed by atoms with Gasteiger partial charge in [-0.05, 0) is 43.5 Å². The van der Waals surface area contributed by atoms with Crippen molar-refractivity contribution < 1.29 is 4.79 Å². The van der Waals surface area contributed by atoms with Gasteiger partial charge in [-0.25, -0.2) is 9.97 Å². The first-order chi connectivity index (χ1) is 12.5. The Balaban J connectivity index is 1.55. The van der Waals surface area contributed by atoms with Gasteiger partial charge in [-0.15, -0.1) is 0 Å². The van der Waals surface area contributed by atoms with Crippen molar-refractivity contribution in [1.82, 2.24) is 15.3 Å². The van der Waals surface area contributed by atoms with E-state index in [1.807, 2.05) is 27.1 Å². The minimum Gasteiger partial charge on any atom is -0.378 e. The first-order valence-corrected chi connectivity index (χ1v) is 9.11. The highest BCUT2D eigenvalue weighted by Gasteiger charge is 2.27. The largest absolute Gasteiger partial charge is 0.378 e. The fourth-order valence-corrected chi connectivity index (χ4v) is 3.21. The minimum absolute atomic E-state index is 0.0195. The van der Waals surface area contributed by atoms with E-state index >= 15 is 0 Å². The van der Waals surface area contributed by atoms with Gasteiger partial charge in [0, 0.05) is 51.3 Å². The maximum atomic E-state index is 12.6. The van der Waals surface area contributed by atoms with Gasteiger partial charge in [0.05, 0.1) is 5.92 Å². The Hall–Kier alpha value is -2.63. The maximum absolute atomic E-state index is 12.6. The van der Waals surface area contributed by atoms with Crippen LogP contribution in [0.2, 0.25) is 0 Å². The summed E-state index contributed by atoms with van der Waals surface area (Å²) in [6.45, 7) is 4.10. The molecule has 1 aromatic heterocycles. The number of piperidine rings is 1. The van der Waals surface area contributed by atoms with E-state index in [9.17, 15) is 4.79 Å². The third kappa shape index (κ3) is 4.50. The van der Waals surface area contributed by atoms with Crippen molar-refractivity contribution >= 4 is 17.5 Å². The van der Waals surface area contributed by atoms with Crippen LogP contribution < -0.4 is 15.1 Å². The molecule has 0 radical (unpaired) electrons. The van der Waals surface area contributed by atoms with E-state index in [1.165, 1.54) is 0 Å². The number of aryl methyl sites for hydroxylation is 1. The molecular weight excluding hydrogens is 326 g/mol. The molecule has 1 aliphatic rings. The van der Waals surface area contributed by atoms with Crippen LogP contribution in [0.25, 0.3) is 0 Å². The summed E-state index contributed by atoms with van der Waals surface area (Å²) in [4.78, 5) is 25.6. The highest BCUT2D eigenvalue weighted by Crippen LogP contribution is 2.21. The molecule has 0 unspecified atom stereocenters. The summed E-state index contributed by atoms with van der Waals surface area (Å²) in [5.41, 5.74) is 3.21. The van der Waals surface area contributed by atoms with Crippen LogP contribution in [0.1, 0.15) is 24.1 Å². The summed E-state index contributed by atoms with van der Waals surface area (Å²) < 4.78 is 0.